The number of hydrogen-bond donors (Lipinski definition) is 1. The van der Waals surface area contributed by atoms with Crippen LogP contribution in [0.5, 0.6) is 0 Å². The summed E-state index contributed by atoms with van der Waals surface area (Å²) in [5.74, 6) is -0.156. The highest BCUT2D eigenvalue weighted by atomic mass is 35.5. The maximum atomic E-state index is 11.4. The number of furan rings is 1. The second-order valence-electron chi connectivity index (χ2n) is 2.63. The van der Waals surface area contributed by atoms with Gasteiger partial charge < -0.3 is 4.42 Å². The first kappa shape index (κ1) is 8.90. The van der Waals surface area contributed by atoms with E-state index in [1.807, 2.05) is 0 Å². The van der Waals surface area contributed by atoms with Gasteiger partial charge in [-0.05, 0) is 35.9 Å². The number of aromatic nitrogens is 1. The van der Waals surface area contributed by atoms with Gasteiger partial charge in [0.2, 0.25) is 0 Å². The zero-order valence-corrected chi connectivity index (χ0v) is 7.86. The van der Waals surface area contributed by atoms with Gasteiger partial charge in [0.1, 0.15) is 0 Å². The molecule has 0 aromatic carbocycles. The SMILES string of the molecule is O=C(Nn1cccc1)c1ccc(Cl)o1. The Labute approximate surface area is 85.1 Å². The molecule has 4 nitrogen and oxygen atoms in total. The van der Waals surface area contributed by atoms with Crippen molar-refractivity contribution in [1.29, 1.82) is 0 Å². The summed E-state index contributed by atoms with van der Waals surface area (Å²) in [6.07, 6.45) is 3.42. The predicted molar refractivity (Wildman–Crippen MR) is 51.8 cm³/mol. The largest absolute Gasteiger partial charge is 0.439 e. The number of carbonyl (C=O) groups is 1. The molecule has 2 aromatic rings. The van der Waals surface area contributed by atoms with Gasteiger partial charge >= 0.3 is 5.91 Å². The van der Waals surface area contributed by atoms with E-state index in [2.05, 4.69) is 5.43 Å². The van der Waals surface area contributed by atoms with Crippen LogP contribution in [-0.4, -0.2) is 10.6 Å². The summed E-state index contributed by atoms with van der Waals surface area (Å²) in [6, 6.07) is 6.64. The minimum Gasteiger partial charge on any atom is -0.439 e. The monoisotopic (exact) mass is 210 g/mol. The number of amides is 1. The summed E-state index contributed by atoms with van der Waals surface area (Å²) in [7, 11) is 0. The Bertz CT molecular complexity index is 433. The molecule has 5 heteroatoms. The predicted octanol–water partition coefficient (Wildman–Crippen LogP) is 2.12. The molecule has 0 bridgehead atoms. The third-order valence-electron chi connectivity index (χ3n) is 1.63. The van der Waals surface area contributed by atoms with E-state index in [9.17, 15) is 4.79 Å². The fraction of sp³-hybridized carbons (Fsp3) is 0. The maximum Gasteiger partial charge on any atom is 0.305 e. The Kier molecular flexibility index (Phi) is 2.28. The molecule has 2 heterocycles. The van der Waals surface area contributed by atoms with Crippen molar-refractivity contribution in [1.82, 2.24) is 4.68 Å². The molecule has 0 atom stereocenters. The van der Waals surface area contributed by atoms with Gasteiger partial charge in [-0.1, -0.05) is 0 Å². The first-order valence-electron chi connectivity index (χ1n) is 3.95. The molecule has 1 N–H and O–H groups in total. The molecule has 0 aliphatic rings. The molecule has 14 heavy (non-hydrogen) atoms. The number of rotatable bonds is 2. The van der Waals surface area contributed by atoms with Crippen LogP contribution in [0.3, 0.4) is 0 Å². The van der Waals surface area contributed by atoms with Gasteiger partial charge in [-0.15, -0.1) is 0 Å². The van der Waals surface area contributed by atoms with E-state index < -0.39 is 0 Å². The number of halogens is 1. The average molecular weight is 211 g/mol. The van der Waals surface area contributed by atoms with Crippen LogP contribution in [-0.2, 0) is 0 Å². The van der Waals surface area contributed by atoms with Gasteiger partial charge in [0.15, 0.2) is 11.0 Å². The van der Waals surface area contributed by atoms with Crippen LogP contribution in [0.25, 0.3) is 0 Å². The van der Waals surface area contributed by atoms with E-state index in [0.717, 1.165) is 0 Å². The van der Waals surface area contributed by atoms with E-state index in [-0.39, 0.29) is 16.9 Å². The molecule has 0 aliphatic carbocycles. The summed E-state index contributed by atoms with van der Waals surface area (Å²) >= 11 is 5.53. The van der Waals surface area contributed by atoms with Gasteiger partial charge in [0.25, 0.3) is 0 Å². The van der Waals surface area contributed by atoms with Crippen LogP contribution in [0.4, 0.5) is 0 Å². The van der Waals surface area contributed by atoms with E-state index in [4.69, 9.17) is 16.0 Å². The lowest BCUT2D eigenvalue weighted by atomic mass is 10.4. The minimum atomic E-state index is -0.340. The van der Waals surface area contributed by atoms with Crippen molar-refractivity contribution in [2.75, 3.05) is 5.43 Å². The third-order valence-corrected chi connectivity index (χ3v) is 1.84. The smallest absolute Gasteiger partial charge is 0.305 e. The van der Waals surface area contributed by atoms with Crippen molar-refractivity contribution >= 4 is 17.5 Å². The number of nitrogens with one attached hydrogen (secondary N) is 1. The summed E-state index contributed by atoms with van der Waals surface area (Å²) < 4.78 is 6.46. The van der Waals surface area contributed by atoms with Gasteiger partial charge in [-0.25, -0.2) is 0 Å². The Morgan fingerprint density at radius 3 is 2.64 bits per heavy atom. The van der Waals surface area contributed by atoms with E-state index in [1.54, 1.807) is 24.5 Å². The van der Waals surface area contributed by atoms with E-state index in [1.165, 1.54) is 16.8 Å². The molecule has 72 valence electrons. The second-order valence-corrected chi connectivity index (χ2v) is 3.01. The standard InChI is InChI=1S/C9H7ClN2O2/c10-8-4-3-7(14-8)9(13)11-12-5-1-2-6-12/h1-6H,(H,11,13). The molecule has 0 fully saturated rings. The first-order valence-corrected chi connectivity index (χ1v) is 4.33. The van der Waals surface area contributed by atoms with Crippen LogP contribution in [0.2, 0.25) is 5.22 Å². The molecular weight excluding hydrogens is 204 g/mol. The van der Waals surface area contributed by atoms with E-state index in [0.29, 0.717) is 0 Å². The Balaban J connectivity index is 2.10. The number of hydrogen-bond acceptors (Lipinski definition) is 2. The molecule has 0 spiro atoms. The van der Waals surface area contributed by atoms with Gasteiger partial charge in [0, 0.05) is 12.4 Å². The van der Waals surface area contributed by atoms with Crippen molar-refractivity contribution in [2.45, 2.75) is 0 Å². The Hall–Kier alpha value is -1.68. The van der Waals surface area contributed by atoms with Crippen molar-refractivity contribution in [3.63, 3.8) is 0 Å². The maximum absolute atomic E-state index is 11.4. The summed E-state index contributed by atoms with van der Waals surface area (Å²) in [6.45, 7) is 0. The quantitative estimate of drug-likeness (QED) is 0.825. The van der Waals surface area contributed by atoms with E-state index >= 15 is 0 Å². The van der Waals surface area contributed by atoms with Gasteiger partial charge in [0.05, 0.1) is 0 Å². The molecular formula is C9H7ClN2O2. The van der Waals surface area contributed by atoms with Crippen molar-refractivity contribution in [2.24, 2.45) is 0 Å². The minimum absolute atomic E-state index is 0.184. The normalized spacial score (nSPS) is 10.1. The van der Waals surface area contributed by atoms with Crippen LogP contribution in [0.15, 0.2) is 41.1 Å². The fourth-order valence-electron chi connectivity index (χ4n) is 1.02. The third kappa shape index (κ3) is 1.80. The molecule has 1 amide bonds. The van der Waals surface area contributed by atoms with Gasteiger partial charge in [-0.2, -0.15) is 0 Å². The summed E-state index contributed by atoms with van der Waals surface area (Å²) in [4.78, 5) is 11.4. The van der Waals surface area contributed by atoms with Crippen LogP contribution in [0, 0.1) is 0 Å². The number of carbonyl (C=O) groups excluding carboxylic acids is 1. The number of nitrogens with zero attached hydrogens (tertiary/aromatic N) is 1. The zero-order valence-electron chi connectivity index (χ0n) is 7.11. The molecule has 0 saturated carbocycles. The fourth-order valence-corrected chi connectivity index (χ4v) is 1.16. The molecule has 0 radical (unpaired) electrons. The van der Waals surface area contributed by atoms with Crippen LogP contribution in [0.1, 0.15) is 10.6 Å². The zero-order chi connectivity index (χ0) is 9.97. The molecule has 0 aliphatic heterocycles. The van der Waals surface area contributed by atoms with Crippen molar-refractivity contribution < 1.29 is 9.21 Å². The highest BCUT2D eigenvalue weighted by molar-refractivity contribution is 6.29. The van der Waals surface area contributed by atoms with Crippen LogP contribution >= 0.6 is 11.6 Å². The Morgan fingerprint density at radius 2 is 2.07 bits per heavy atom. The highest BCUT2D eigenvalue weighted by Gasteiger charge is 2.09. The molecule has 2 aromatic heterocycles. The topological polar surface area (TPSA) is 47.2 Å². The van der Waals surface area contributed by atoms with Crippen LogP contribution < -0.4 is 5.43 Å². The van der Waals surface area contributed by atoms with Crippen molar-refractivity contribution in [3.05, 3.63) is 47.6 Å². The van der Waals surface area contributed by atoms with Gasteiger partial charge in [-0.3, -0.25) is 14.9 Å². The van der Waals surface area contributed by atoms with Crippen molar-refractivity contribution in [3.8, 4) is 0 Å². The lowest BCUT2D eigenvalue weighted by molar-refractivity contribution is 0.0982. The average Bonchev–Trinajstić information content (AvgIpc) is 2.75. The summed E-state index contributed by atoms with van der Waals surface area (Å²) in [5.41, 5.74) is 2.58. The molecule has 2 rings (SSSR count). The molecule has 0 unspecified atom stereocenters. The summed E-state index contributed by atoms with van der Waals surface area (Å²) in [5, 5.41) is 0.197. The first-order chi connectivity index (χ1) is 6.75. The lowest BCUT2D eigenvalue weighted by Gasteiger charge is -2.02. The highest BCUT2D eigenvalue weighted by Crippen LogP contribution is 2.12. The lowest BCUT2D eigenvalue weighted by Crippen LogP contribution is -2.20. The second kappa shape index (κ2) is 3.59. The Morgan fingerprint density at radius 1 is 1.36 bits per heavy atom. The molecule has 0 saturated heterocycles.